The number of para-hydroxylation sites is 2. The molecule has 0 unspecified atom stereocenters. The van der Waals surface area contributed by atoms with Gasteiger partial charge in [-0.3, -0.25) is 15.1 Å². The van der Waals surface area contributed by atoms with Crippen molar-refractivity contribution in [2.24, 2.45) is 5.73 Å². The van der Waals surface area contributed by atoms with Gasteiger partial charge in [0.2, 0.25) is 0 Å². The summed E-state index contributed by atoms with van der Waals surface area (Å²) in [6.45, 7) is 0. The average molecular weight is 394 g/mol. The molecule has 0 saturated carbocycles. The molecule has 3 aromatic rings. The van der Waals surface area contributed by atoms with Crippen LogP contribution in [0.5, 0.6) is 11.5 Å². The van der Waals surface area contributed by atoms with Crippen molar-refractivity contribution in [3.63, 3.8) is 0 Å². The number of halogens is 2. The predicted molar refractivity (Wildman–Crippen MR) is 105 cm³/mol. The Morgan fingerprint density at radius 2 is 1.96 bits per heavy atom. The maximum Gasteiger partial charge on any atom is 0.276 e. The molecular weight excluding hydrogens is 377 g/mol. The lowest BCUT2D eigenvalue weighted by molar-refractivity contribution is 0.0864. The molecule has 1 amide bonds. The molecule has 7 nitrogen and oxygen atoms in total. The molecule has 1 heterocycles. The van der Waals surface area contributed by atoms with Gasteiger partial charge in [-0.15, -0.1) is 12.4 Å². The highest BCUT2D eigenvalue weighted by atomic mass is 35.5. The number of carbonyl (C=O) groups excluding carboxylic acids is 1. The van der Waals surface area contributed by atoms with Crippen molar-refractivity contribution >= 4 is 52.5 Å². The van der Waals surface area contributed by atoms with E-state index >= 15 is 0 Å². The Balaban J connectivity index is 0.00000243. The Morgan fingerprint density at radius 1 is 1.27 bits per heavy atom. The summed E-state index contributed by atoms with van der Waals surface area (Å²) in [6.07, 6.45) is 0. The molecule has 0 atom stereocenters. The molecule has 0 spiro atoms. The number of guanidine groups is 1. The number of hydrogen-bond acceptors (Lipinski definition) is 4. The number of nitrogens with two attached hydrogens (primary N) is 2. The van der Waals surface area contributed by atoms with E-state index in [1.165, 1.54) is 7.05 Å². The highest BCUT2D eigenvalue weighted by molar-refractivity contribution is 6.35. The molecule has 0 aliphatic rings. The van der Waals surface area contributed by atoms with Crippen LogP contribution in [0.3, 0.4) is 0 Å². The summed E-state index contributed by atoms with van der Waals surface area (Å²) in [5.74, 6) is 0.209. The number of ether oxygens (including phenoxy) is 1. The molecule has 0 fully saturated rings. The molecule has 0 aliphatic heterocycles. The first-order valence-electron chi connectivity index (χ1n) is 7.33. The first-order valence-corrected chi connectivity index (χ1v) is 7.71. The molecule has 6 N–H and O–H groups in total. The number of aromatic amines is 1. The molecule has 3 rings (SSSR count). The SMILES string of the molecule is CN(C(=N)N)C(=O)c1cc2c(Cl)cc(Oc3ccccc3N)cc2[nH]1.Cl. The van der Waals surface area contributed by atoms with Crippen LogP contribution in [0, 0.1) is 5.41 Å². The number of rotatable bonds is 3. The monoisotopic (exact) mass is 393 g/mol. The van der Waals surface area contributed by atoms with Gasteiger partial charge in [0.1, 0.15) is 17.2 Å². The summed E-state index contributed by atoms with van der Waals surface area (Å²) in [4.78, 5) is 16.3. The van der Waals surface area contributed by atoms with Crippen LogP contribution in [0.2, 0.25) is 5.02 Å². The van der Waals surface area contributed by atoms with Crippen molar-refractivity contribution < 1.29 is 9.53 Å². The van der Waals surface area contributed by atoms with Gasteiger partial charge in [0.15, 0.2) is 5.96 Å². The van der Waals surface area contributed by atoms with E-state index in [4.69, 9.17) is 33.2 Å². The van der Waals surface area contributed by atoms with Crippen molar-refractivity contribution in [2.75, 3.05) is 12.8 Å². The molecule has 136 valence electrons. The number of nitrogens with zero attached hydrogens (tertiary/aromatic N) is 1. The standard InChI is InChI=1S/C17H16ClN5O2.ClH/c1-23(17(20)21)16(24)14-8-10-11(18)6-9(7-13(10)22-14)25-15-5-3-2-4-12(15)19;/h2-8,22H,19H2,1H3,(H3,20,21);1H. The van der Waals surface area contributed by atoms with Crippen molar-refractivity contribution in [1.82, 2.24) is 9.88 Å². The lowest BCUT2D eigenvalue weighted by atomic mass is 10.2. The van der Waals surface area contributed by atoms with Crippen molar-refractivity contribution in [3.05, 3.63) is 53.2 Å². The van der Waals surface area contributed by atoms with Crippen LogP contribution in [0.1, 0.15) is 10.5 Å². The fourth-order valence-electron chi connectivity index (χ4n) is 2.33. The largest absolute Gasteiger partial charge is 0.455 e. The molecular formula is C17H17Cl2N5O2. The van der Waals surface area contributed by atoms with Gasteiger partial charge in [-0.05, 0) is 18.2 Å². The van der Waals surface area contributed by atoms with Crippen molar-refractivity contribution in [3.8, 4) is 11.5 Å². The zero-order chi connectivity index (χ0) is 18.1. The van der Waals surface area contributed by atoms with Crippen LogP contribution >= 0.6 is 24.0 Å². The number of H-pyrrole nitrogens is 1. The molecule has 1 aromatic heterocycles. The topological polar surface area (TPSA) is 121 Å². The Kier molecular flexibility index (Phi) is 5.64. The third kappa shape index (κ3) is 3.68. The van der Waals surface area contributed by atoms with Gasteiger partial charge in [-0.2, -0.15) is 0 Å². The minimum absolute atomic E-state index is 0. The quantitative estimate of drug-likeness (QED) is 0.308. The summed E-state index contributed by atoms with van der Waals surface area (Å²) >= 11 is 6.31. The zero-order valence-electron chi connectivity index (χ0n) is 13.7. The number of anilines is 1. The van der Waals surface area contributed by atoms with E-state index in [1.54, 1.807) is 30.3 Å². The van der Waals surface area contributed by atoms with Crippen LogP contribution < -0.4 is 16.2 Å². The average Bonchev–Trinajstić information content (AvgIpc) is 3.00. The predicted octanol–water partition coefficient (Wildman–Crippen LogP) is 3.58. The van der Waals surface area contributed by atoms with Gasteiger partial charge in [-0.1, -0.05) is 23.7 Å². The van der Waals surface area contributed by atoms with Gasteiger partial charge < -0.3 is 21.2 Å². The van der Waals surface area contributed by atoms with Gasteiger partial charge in [0.25, 0.3) is 5.91 Å². The Bertz CT molecular complexity index is 986. The number of fused-ring (bicyclic) bond motifs is 1. The first kappa shape index (κ1) is 19.4. The lowest BCUT2D eigenvalue weighted by Crippen LogP contribution is -2.38. The molecule has 26 heavy (non-hydrogen) atoms. The summed E-state index contributed by atoms with van der Waals surface area (Å²) in [5, 5.41) is 8.43. The minimum Gasteiger partial charge on any atom is -0.455 e. The van der Waals surface area contributed by atoms with Gasteiger partial charge in [0, 0.05) is 24.6 Å². The van der Waals surface area contributed by atoms with E-state index in [0.717, 1.165) is 4.90 Å². The summed E-state index contributed by atoms with van der Waals surface area (Å²) in [6, 6.07) is 12.1. The van der Waals surface area contributed by atoms with E-state index in [2.05, 4.69) is 4.98 Å². The number of hydrogen-bond donors (Lipinski definition) is 4. The maximum atomic E-state index is 12.3. The van der Waals surface area contributed by atoms with Gasteiger partial charge >= 0.3 is 0 Å². The second-order valence-corrected chi connectivity index (χ2v) is 5.85. The fourth-order valence-corrected chi connectivity index (χ4v) is 2.60. The van der Waals surface area contributed by atoms with E-state index < -0.39 is 5.91 Å². The molecule has 0 radical (unpaired) electrons. The van der Waals surface area contributed by atoms with Crippen LogP contribution in [-0.4, -0.2) is 28.8 Å². The van der Waals surface area contributed by atoms with Gasteiger partial charge in [0.05, 0.1) is 16.2 Å². The molecule has 2 aromatic carbocycles. The molecule has 0 aliphatic carbocycles. The Labute approximate surface area is 160 Å². The zero-order valence-corrected chi connectivity index (χ0v) is 15.3. The highest BCUT2D eigenvalue weighted by Gasteiger charge is 2.18. The van der Waals surface area contributed by atoms with Crippen molar-refractivity contribution in [1.29, 1.82) is 5.41 Å². The summed E-state index contributed by atoms with van der Waals surface area (Å²) in [7, 11) is 1.42. The molecule has 9 heteroatoms. The number of benzene rings is 2. The van der Waals surface area contributed by atoms with Crippen LogP contribution in [-0.2, 0) is 0 Å². The third-order valence-electron chi connectivity index (χ3n) is 3.70. The van der Waals surface area contributed by atoms with E-state index in [9.17, 15) is 4.79 Å². The minimum atomic E-state index is -0.436. The molecule has 0 saturated heterocycles. The number of aromatic nitrogens is 1. The Hall–Kier alpha value is -2.90. The number of nitrogens with one attached hydrogen (secondary N) is 2. The normalized spacial score (nSPS) is 10.2. The summed E-state index contributed by atoms with van der Waals surface area (Å²) < 4.78 is 5.77. The second kappa shape index (κ2) is 7.55. The van der Waals surface area contributed by atoms with E-state index in [-0.39, 0.29) is 24.1 Å². The number of carbonyl (C=O) groups is 1. The highest BCUT2D eigenvalue weighted by Crippen LogP contribution is 2.34. The second-order valence-electron chi connectivity index (χ2n) is 5.44. The first-order chi connectivity index (χ1) is 11.9. The molecule has 0 bridgehead atoms. The van der Waals surface area contributed by atoms with Crippen molar-refractivity contribution in [2.45, 2.75) is 0 Å². The lowest BCUT2D eigenvalue weighted by Gasteiger charge is -2.12. The van der Waals surface area contributed by atoms with E-state index in [1.807, 2.05) is 12.1 Å². The number of amides is 1. The smallest absolute Gasteiger partial charge is 0.276 e. The number of nitrogen functional groups attached to an aromatic ring is 1. The fraction of sp³-hybridized carbons (Fsp3) is 0.0588. The van der Waals surface area contributed by atoms with Crippen LogP contribution in [0.15, 0.2) is 42.5 Å². The van der Waals surface area contributed by atoms with E-state index in [0.29, 0.717) is 33.1 Å². The third-order valence-corrected chi connectivity index (χ3v) is 4.02. The maximum absolute atomic E-state index is 12.3. The van der Waals surface area contributed by atoms with Crippen LogP contribution in [0.25, 0.3) is 10.9 Å². The van der Waals surface area contributed by atoms with Gasteiger partial charge in [-0.25, -0.2) is 0 Å². The summed E-state index contributed by atoms with van der Waals surface area (Å²) in [5.41, 5.74) is 12.6. The van der Waals surface area contributed by atoms with Crippen LogP contribution in [0.4, 0.5) is 5.69 Å². The Morgan fingerprint density at radius 3 is 2.62 bits per heavy atom.